The molecule has 4 heteroatoms. The van der Waals surface area contributed by atoms with Gasteiger partial charge in [0.05, 0.1) is 5.75 Å². The first kappa shape index (κ1) is 15.5. The van der Waals surface area contributed by atoms with Crippen molar-refractivity contribution in [3.05, 3.63) is 35.4 Å². The summed E-state index contributed by atoms with van der Waals surface area (Å²) >= 11 is 0. The summed E-state index contributed by atoms with van der Waals surface area (Å²) in [6, 6.07) is 8.16. The molecule has 0 bridgehead atoms. The van der Waals surface area contributed by atoms with Gasteiger partial charge >= 0.3 is 0 Å². The highest BCUT2D eigenvalue weighted by molar-refractivity contribution is 8.13. The molecule has 0 heterocycles. The van der Waals surface area contributed by atoms with Crippen molar-refractivity contribution in [3.63, 3.8) is 0 Å². The monoisotopic (exact) mass is 288 g/mol. The van der Waals surface area contributed by atoms with Gasteiger partial charge in [0.2, 0.25) is 9.05 Å². The van der Waals surface area contributed by atoms with Gasteiger partial charge in [0.15, 0.2) is 0 Å². The zero-order valence-corrected chi connectivity index (χ0v) is 12.9. The molecule has 0 aliphatic carbocycles. The molecule has 0 amide bonds. The molecule has 1 aromatic carbocycles. The summed E-state index contributed by atoms with van der Waals surface area (Å²) in [7, 11) is 1.91. The van der Waals surface area contributed by atoms with E-state index in [1.807, 2.05) is 26.0 Å². The van der Waals surface area contributed by atoms with E-state index < -0.39 is 9.05 Å². The average molecular weight is 289 g/mol. The maximum Gasteiger partial charge on any atom is 0.233 e. The molecule has 1 unspecified atom stereocenters. The van der Waals surface area contributed by atoms with Crippen LogP contribution < -0.4 is 0 Å². The Kier molecular flexibility index (Phi) is 5.23. The van der Waals surface area contributed by atoms with E-state index in [4.69, 9.17) is 10.7 Å². The summed E-state index contributed by atoms with van der Waals surface area (Å²) in [6.07, 6.45) is 0. The molecular formula is C14H21ClO2S. The average Bonchev–Trinajstić information content (AvgIpc) is 2.24. The molecule has 0 aliphatic rings. The molecule has 0 saturated heterocycles. The normalized spacial score (nSPS) is 14.2. The van der Waals surface area contributed by atoms with Crippen LogP contribution in [0.4, 0.5) is 0 Å². The van der Waals surface area contributed by atoms with Crippen LogP contribution in [0.5, 0.6) is 0 Å². The van der Waals surface area contributed by atoms with Crippen molar-refractivity contribution < 1.29 is 8.42 Å². The van der Waals surface area contributed by atoms with Crippen LogP contribution in [0.1, 0.15) is 50.7 Å². The molecule has 0 fully saturated rings. The Bertz CT molecular complexity index is 475. The molecule has 2 nitrogen and oxygen atoms in total. The molecule has 1 atom stereocenters. The van der Waals surface area contributed by atoms with E-state index in [0.717, 1.165) is 5.56 Å². The summed E-state index contributed by atoms with van der Waals surface area (Å²) in [6.45, 7) is 8.31. The fraction of sp³-hybridized carbons (Fsp3) is 0.571. The second-order valence-corrected chi connectivity index (χ2v) is 8.20. The van der Waals surface area contributed by atoms with Crippen molar-refractivity contribution in [1.82, 2.24) is 0 Å². The van der Waals surface area contributed by atoms with E-state index in [1.54, 1.807) is 0 Å². The van der Waals surface area contributed by atoms with Gasteiger partial charge in [0.25, 0.3) is 0 Å². The first-order chi connectivity index (χ1) is 8.20. The summed E-state index contributed by atoms with van der Waals surface area (Å²) in [5.41, 5.74) is 2.30. The molecular weight excluding hydrogens is 268 g/mol. The third-order valence-corrected chi connectivity index (χ3v) is 4.35. The largest absolute Gasteiger partial charge is 0.233 e. The van der Waals surface area contributed by atoms with Gasteiger partial charge in [-0.2, -0.15) is 0 Å². The zero-order valence-electron chi connectivity index (χ0n) is 11.4. The summed E-state index contributed by atoms with van der Waals surface area (Å²) in [5.74, 6) is 0.665. The fourth-order valence-electron chi connectivity index (χ4n) is 2.02. The number of benzene rings is 1. The van der Waals surface area contributed by atoms with Gasteiger partial charge in [-0.3, -0.25) is 0 Å². The number of rotatable bonds is 5. The second kappa shape index (κ2) is 6.07. The predicted molar refractivity (Wildman–Crippen MR) is 77.7 cm³/mol. The van der Waals surface area contributed by atoms with Gasteiger partial charge < -0.3 is 0 Å². The Morgan fingerprint density at radius 2 is 1.44 bits per heavy atom. The molecule has 0 saturated carbocycles. The lowest BCUT2D eigenvalue weighted by Gasteiger charge is -2.20. The lowest BCUT2D eigenvalue weighted by molar-refractivity contribution is 0.525. The van der Waals surface area contributed by atoms with E-state index >= 15 is 0 Å². The van der Waals surface area contributed by atoms with Crippen LogP contribution >= 0.6 is 10.7 Å². The van der Waals surface area contributed by atoms with E-state index in [-0.39, 0.29) is 17.6 Å². The summed E-state index contributed by atoms with van der Waals surface area (Å²) in [4.78, 5) is 0. The van der Waals surface area contributed by atoms with E-state index in [9.17, 15) is 8.42 Å². The van der Waals surface area contributed by atoms with E-state index in [1.165, 1.54) is 5.56 Å². The minimum atomic E-state index is -3.47. The molecule has 0 aliphatic heterocycles. The van der Waals surface area contributed by atoms with Crippen LogP contribution in [-0.4, -0.2) is 14.2 Å². The molecule has 1 aromatic rings. The van der Waals surface area contributed by atoms with Gasteiger partial charge in [-0.1, -0.05) is 52.0 Å². The molecule has 0 aromatic heterocycles. The van der Waals surface area contributed by atoms with Crippen LogP contribution in [-0.2, 0) is 9.05 Å². The van der Waals surface area contributed by atoms with Crippen molar-refractivity contribution in [1.29, 1.82) is 0 Å². The number of halogens is 1. The van der Waals surface area contributed by atoms with Crippen molar-refractivity contribution >= 4 is 19.7 Å². The second-order valence-electron chi connectivity index (χ2n) is 5.38. The molecule has 1 rings (SSSR count). The summed E-state index contributed by atoms with van der Waals surface area (Å²) in [5, 5.41) is 0. The topological polar surface area (TPSA) is 34.1 Å². The van der Waals surface area contributed by atoms with E-state index in [2.05, 4.69) is 26.0 Å². The van der Waals surface area contributed by atoms with Crippen LogP contribution in [0, 0.1) is 5.92 Å². The Labute approximate surface area is 115 Å². The van der Waals surface area contributed by atoms with Crippen molar-refractivity contribution in [2.45, 2.75) is 39.5 Å². The molecule has 0 N–H and O–H groups in total. The molecule has 0 radical (unpaired) electrons. The molecule has 0 spiro atoms. The standard InChI is InChI=1S/C14H21ClO2S/c1-10(2)12-5-7-13(8-6-12)14(11(3)4)9-18(15,16)17/h5-8,10-11,14H,9H2,1-4H3. The Balaban J connectivity index is 3.00. The minimum absolute atomic E-state index is 0.00670. The maximum atomic E-state index is 11.3. The number of hydrogen-bond donors (Lipinski definition) is 0. The SMILES string of the molecule is CC(C)c1ccc(C(CS(=O)(=O)Cl)C(C)C)cc1. The van der Waals surface area contributed by atoms with E-state index in [0.29, 0.717) is 5.92 Å². The van der Waals surface area contributed by atoms with Crippen LogP contribution in [0.3, 0.4) is 0 Å². The Hall–Kier alpha value is -0.540. The first-order valence-corrected chi connectivity index (χ1v) is 8.70. The third-order valence-electron chi connectivity index (χ3n) is 3.21. The smallest absolute Gasteiger partial charge is 0.212 e. The van der Waals surface area contributed by atoms with Gasteiger partial charge in [0, 0.05) is 16.6 Å². The highest BCUT2D eigenvalue weighted by Gasteiger charge is 2.22. The lowest BCUT2D eigenvalue weighted by atomic mass is 9.89. The summed E-state index contributed by atoms with van der Waals surface area (Å²) < 4.78 is 22.5. The molecule has 18 heavy (non-hydrogen) atoms. The van der Waals surface area contributed by atoms with Crippen LogP contribution in [0.2, 0.25) is 0 Å². The van der Waals surface area contributed by atoms with Crippen molar-refractivity contribution in [2.24, 2.45) is 5.92 Å². The number of hydrogen-bond acceptors (Lipinski definition) is 2. The quantitative estimate of drug-likeness (QED) is 0.764. The van der Waals surface area contributed by atoms with Crippen molar-refractivity contribution in [3.8, 4) is 0 Å². The van der Waals surface area contributed by atoms with Crippen molar-refractivity contribution in [2.75, 3.05) is 5.75 Å². The third kappa shape index (κ3) is 4.62. The van der Waals surface area contributed by atoms with Gasteiger partial charge in [-0.05, 0) is 23.0 Å². The lowest BCUT2D eigenvalue weighted by Crippen LogP contribution is -2.16. The fourth-order valence-corrected chi connectivity index (χ4v) is 3.43. The van der Waals surface area contributed by atoms with Crippen LogP contribution in [0.25, 0.3) is 0 Å². The van der Waals surface area contributed by atoms with Gasteiger partial charge in [0.1, 0.15) is 0 Å². The van der Waals surface area contributed by atoms with Gasteiger partial charge in [-0.15, -0.1) is 0 Å². The minimum Gasteiger partial charge on any atom is -0.212 e. The van der Waals surface area contributed by atoms with Gasteiger partial charge in [-0.25, -0.2) is 8.42 Å². The van der Waals surface area contributed by atoms with Crippen LogP contribution in [0.15, 0.2) is 24.3 Å². The Morgan fingerprint density at radius 3 is 1.78 bits per heavy atom. The highest BCUT2D eigenvalue weighted by Crippen LogP contribution is 2.28. The Morgan fingerprint density at radius 1 is 1.00 bits per heavy atom. The predicted octanol–water partition coefficient (Wildman–Crippen LogP) is 4.12. The first-order valence-electron chi connectivity index (χ1n) is 6.23. The molecule has 102 valence electrons. The zero-order chi connectivity index (χ0) is 13.9. The highest BCUT2D eigenvalue weighted by atomic mass is 35.7. The maximum absolute atomic E-state index is 11.3.